The summed E-state index contributed by atoms with van der Waals surface area (Å²) < 4.78 is 0.644. The zero-order valence-corrected chi connectivity index (χ0v) is 10.9. The van der Waals surface area contributed by atoms with Crippen LogP contribution in [-0.2, 0) is 0 Å². The number of aromatic amines is 1. The van der Waals surface area contributed by atoms with Gasteiger partial charge in [0.05, 0.1) is 17.2 Å². The number of hydrogen-bond donors (Lipinski definition) is 1. The van der Waals surface area contributed by atoms with Gasteiger partial charge >= 0.3 is 0 Å². The number of halogens is 1. The Bertz CT molecular complexity index is 649. The number of rotatable bonds is 1. The highest BCUT2D eigenvalue weighted by Gasteiger charge is 2.11. The van der Waals surface area contributed by atoms with Crippen molar-refractivity contribution < 1.29 is 4.79 Å². The third-order valence-corrected chi connectivity index (χ3v) is 2.92. The Hall–Kier alpha value is -1.69. The molecule has 0 aliphatic carbocycles. The maximum atomic E-state index is 11.8. The Labute approximate surface area is 106 Å². The SMILES string of the molecule is CN(C)C(=O)c1cc(Br)c2[nH]c(=O)cnc2c1. The molecule has 0 unspecified atom stereocenters. The predicted molar refractivity (Wildman–Crippen MR) is 68.1 cm³/mol. The van der Waals surface area contributed by atoms with Crippen LogP contribution in [0, 0.1) is 0 Å². The van der Waals surface area contributed by atoms with Gasteiger partial charge in [-0.2, -0.15) is 0 Å². The summed E-state index contributed by atoms with van der Waals surface area (Å²) in [7, 11) is 3.36. The van der Waals surface area contributed by atoms with Crippen LogP contribution < -0.4 is 5.56 Å². The zero-order chi connectivity index (χ0) is 12.6. The van der Waals surface area contributed by atoms with Crippen LogP contribution in [0.15, 0.2) is 27.6 Å². The van der Waals surface area contributed by atoms with E-state index in [0.717, 1.165) is 0 Å². The first-order chi connectivity index (χ1) is 7.99. The number of amides is 1. The average Bonchev–Trinajstić information content (AvgIpc) is 2.28. The van der Waals surface area contributed by atoms with Gasteiger partial charge in [-0.05, 0) is 28.1 Å². The van der Waals surface area contributed by atoms with Gasteiger partial charge in [-0.3, -0.25) is 9.59 Å². The van der Waals surface area contributed by atoms with Gasteiger partial charge in [-0.25, -0.2) is 4.98 Å². The van der Waals surface area contributed by atoms with Gasteiger partial charge in [0.2, 0.25) is 0 Å². The molecule has 1 amide bonds. The van der Waals surface area contributed by atoms with Gasteiger partial charge in [-0.15, -0.1) is 0 Å². The summed E-state index contributed by atoms with van der Waals surface area (Å²) in [6.45, 7) is 0. The number of H-pyrrole nitrogens is 1. The molecule has 2 rings (SSSR count). The fourth-order valence-electron chi connectivity index (χ4n) is 1.48. The van der Waals surface area contributed by atoms with Crippen molar-refractivity contribution in [3.05, 3.63) is 38.7 Å². The lowest BCUT2D eigenvalue weighted by molar-refractivity contribution is 0.0827. The van der Waals surface area contributed by atoms with Gasteiger partial charge < -0.3 is 9.88 Å². The predicted octanol–water partition coefficient (Wildman–Crippen LogP) is 1.39. The highest BCUT2D eigenvalue weighted by molar-refractivity contribution is 9.10. The van der Waals surface area contributed by atoms with E-state index in [4.69, 9.17) is 0 Å². The first-order valence-electron chi connectivity index (χ1n) is 4.89. The molecule has 0 fully saturated rings. The Morgan fingerprint density at radius 1 is 1.41 bits per heavy atom. The minimum Gasteiger partial charge on any atom is -0.345 e. The first-order valence-corrected chi connectivity index (χ1v) is 5.68. The van der Waals surface area contributed by atoms with Crippen molar-refractivity contribution in [2.24, 2.45) is 0 Å². The van der Waals surface area contributed by atoms with Crippen molar-refractivity contribution in [3.8, 4) is 0 Å². The fraction of sp³-hybridized carbons (Fsp3) is 0.182. The molecule has 0 spiro atoms. The van der Waals surface area contributed by atoms with Gasteiger partial charge in [-0.1, -0.05) is 0 Å². The minimum absolute atomic E-state index is 0.111. The monoisotopic (exact) mass is 295 g/mol. The quantitative estimate of drug-likeness (QED) is 0.864. The van der Waals surface area contributed by atoms with E-state index in [1.807, 2.05) is 0 Å². The van der Waals surface area contributed by atoms with Crippen LogP contribution in [0.2, 0.25) is 0 Å². The molecule has 1 N–H and O–H groups in total. The Balaban J connectivity index is 2.68. The average molecular weight is 296 g/mol. The van der Waals surface area contributed by atoms with E-state index < -0.39 is 0 Å². The van der Waals surface area contributed by atoms with E-state index in [1.165, 1.54) is 11.1 Å². The summed E-state index contributed by atoms with van der Waals surface area (Å²) in [6.07, 6.45) is 1.19. The second-order valence-corrected chi connectivity index (χ2v) is 4.65. The lowest BCUT2D eigenvalue weighted by Crippen LogP contribution is -2.21. The van der Waals surface area contributed by atoms with Crippen LogP contribution in [0.25, 0.3) is 11.0 Å². The molecule has 0 radical (unpaired) electrons. The molecule has 1 heterocycles. The third kappa shape index (κ3) is 2.21. The van der Waals surface area contributed by atoms with Crippen LogP contribution in [0.5, 0.6) is 0 Å². The molecule has 0 saturated heterocycles. The molecule has 5 nitrogen and oxygen atoms in total. The molecule has 88 valence electrons. The van der Waals surface area contributed by atoms with Crippen LogP contribution in [0.1, 0.15) is 10.4 Å². The topological polar surface area (TPSA) is 66.1 Å². The third-order valence-electron chi connectivity index (χ3n) is 2.29. The van der Waals surface area contributed by atoms with E-state index >= 15 is 0 Å². The lowest BCUT2D eigenvalue weighted by Gasteiger charge is -2.11. The molecular formula is C11H10BrN3O2. The fourth-order valence-corrected chi connectivity index (χ4v) is 2.03. The molecule has 2 aromatic rings. The summed E-state index contributed by atoms with van der Waals surface area (Å²) in [5.41, 5.74) is 1.41. The van der Waals surface area contributed by atoms with E-state index in [-0.39, 0.29) is 11.5 Å². The van der Waals surface area contributed by atoms with Crippen molar-refractivity contribution >= 4 is 32.9 Å². The van der Waals surface area contributed by atoms with Crippen molar-refractivity contribution in [2.45, 2.75) is 0 Å². The molecular weight excluding hydrogens is 286 g/mol. The van der Waals surface area contributed by atoms with Crippen molar-refractivity contribution in [3.63, 3.8) is 0 Å². The van der Waals surface area contributed by atoms with E-state index in [0.29, 0.717) is 21.1 Å². The van der Waals surface area contributed by atoms with Gasteiger partial charge in [0, 0.05) is 24.1 Å². The largest absolute Gasteiger partial charge is 0.345 e. The molecule has 0 bridgehead atoms. The molecule has 1 aromatic carbocycles. The van der Waals surface area contributed by atoms with Gasteiger partial charge in [0.25, 0.3) is 11.5 Å². The van der Waals surface area contributed by atoms with Crippen molar-refractivity contribution in [2.75, 3.05) is 14.1 Å². The molecule has 0 saturated carbocycles. The number of carbonyl (C=O) groups excluding carboxylic acids is 1. The number of aromatic nitrogens is 2. The number of hydrogen-bond acceptors (Lipinski definition) is 3. The Kier molecular flexibility index (Phi) is 2.97. The van der Waals surface area contributed by atoms with Crippen LogP contribution >= 0.6 is 15.9 Å². The van der Waals surface area contributed by atoms with Gasteiger partial charge in [0.1, 0.15) is 0 Å². The van der Waals surface area contributed by atoms with Crippen LogP contribution in [-0.4, -0.2) is 34.9 Å². The summed E-state index contributed by atoms with van der Waals surface area (Å²) in [5, 5.41) is 0. The molecule has 0 aliphatic heterocycles. The smallest absolute Gasteiger partial charge is 0.266 e. The second-order valence-electron chi connectivity index (χ2n) is 3.80. The van der Waals surface area contributed by atoms with Crippen LogP contribution in [0.4, 0.5) is 0 Å². The number of fused-ring (bicyclic) bond motifs is 1. The summed E-state index contributed by atoms with van der Waals surface area (Å²) in [5.74, 6) is -0.111. The van der Waals surface area contributed by atoms with Crippen molar-refractivity contribution in [1.29, 1.82) is 0 Å². The Morgan fingerprint density at radius 3 is 2.76 bits per heavy atom. The molecule has 0 atom stereocenters. The normalized spacial score (nSPS) is 10.5. The van der Waals surface area contributed by atoms with E-state index in [2.05, 4.69) is 25.9 Å². The maximum Gasteiger partial charge on any atom is 0.266 e. The van der Waals surface area contributed by atoms with Gasteiger partial charge in [0.15, 0.2) is 0 Å². The summed E-state index contributed by atoms with van der Waals surface area (Å²) in [6, 6.07) is 3.32. The Morgan fingerprint density at radius 2 is 2.12 bits per heavy atom. The molecule has 6 heteroatoms. The van der Waals surface area contributed by atoms with E-state index in [9.17, 15) is 9.59 Å². The highest BCUT2D eigenvalue weighted by Crippen LogP contribution is 2.22. The molecule has 1 aromatic heterocycles. The summed E-state index contributed by atoms with van der Waals surface area (Å²) >= 11 is 3.32. The molecule has 17 heavy (non-hydrogen) atoms. The molecule has 0 aliphatic rings. The second kappa shape index (κ2) is 4.29. The number of nitrogens with zero attached hydrogens (tertiary/aromatic N) is 2. The number of benzene rings is 1. The zero-order valence-electron chi connectivity index (χ0n) is 9.32. The highest BCUT2D eigenvalue weighted by atomic mass is 79.9. The number of nitrogens with one attached hydrogen (secondary N) is 1. The first kappa shape index (κ1) is 11.8. The van der Waals surface area contributed by atoms with Crippen LogP contribution in [0.3, 0.4) is 0 Å². The maximum absolute atomic E-state index is 11.8. The van der Waals surface area contributed by atoms with Crippen molar-refractivity contribution in [1.82, 2.24) is 14.9 Å². The summed E-state index contributed by atoms with van der Waals surface area (Å²) in [4.78, 5) is 31.1. The minimum atomic E-state index is -0.273. The number of carbonyl (C=O) groups is 1. The standard InChI is InChI=1S/C11H10BrN3O2/c1-15(2)11(17)6-3-7(12)10-8(4-6)13-5-9(16)14-10/h3-5H,1-2H3,(H,14,16). The van der Waals surface area contributed by atoms with E-state index in [1.54, 1.807) is 26.2 Å². The lowest BCUT2D eigenvalue weighted by atomic mass is 10.1.